The average molecular weight is 315 g/mol. The van der Waals surface area contributed by atoms with Crippen molar-refractivity contribution in [1.29, 1.82) is 0 Å². The van der Waals surface area contributed by atoms with E-state index in [4.69, 9.17) is 15.2 Å². The van der Waals surface area contributed by atoms with Gasteiger partial charge in [-0.1, -0.05) is 19.9 Å². The van der Waals surface area contributed by atoms with Crippen LogP contribution in [-0.2, 0) is 4.79 Å². The first kappa shape index (κ1) is 17.6. The van der Waals surface area contributed by atoms with Crippen LogP contribution in [0.15, 0.2) is 18.2 Å². The first-order valence-corrected chi connectivity index (χ1v) is 6.94. The number of ether oxygens (including phenoxy) is 2. The summed E-state index contributed by atoms with van der Waals surface area (Å²) < 4.78 is 11.0. The summed E-state index contributed by atoms with van der Waals surface area (Å²) in [4.78, 5) is 12.0. The van der Waals surface area contributed by atoms with Gasteiger partial charge in [-0.15, -0.1) is 12.4 Å². The lowest BCUT2D eigenvalue weighted by molar-refractivity contribution is -0.123. The van der Waals surface area contributed by atoms with Crippen LogP contribution in [0.5, 0.6) is 11.5 Å². The topological polar surface area (TPSA) is 73.6 Å². The smallest absolute Gasteiger partial charge is 0.237 e. The first-order chi connectivity index (χ1) is 9.49. The molecule has 1 aromatic carbocycles. The van der Waals surface area contributed by atoms with Crippen LogP contribution in [0.2, 0.25) is 0 Å². The van der Waals surface area contributed by atoms with Crippen molar-refractivity contribution >= 4 is 18.3 Å². The van der Waals surface area contributed by atoms with Gasteiger partial charge in [0.15, 0.2) is 11.5 Å². The Labute approximate surface area is 131 Å². The molecule has 118 valence electrons. The Hall–Kier alpha value is -1.46. The molecule has 0 saturated heterocycles. The highest BCUT2D eigenvalue weighted by atomic mass is 35.5. The first-order valence-electron chi connectivity index (χ1n) is 6.94. The van der Waals surface area contributed by atoms with Crippen molar-refractivity contribution < 1.29 is 14.3 Å². The van der Waals surface area contributed by atoms with Gasteiger partial charge in [-0.3, -0.25) is 4.79 Å². The fraction of sp³-hybridized carbons (Fsp3) is 0.533. The minimum atomic E-state index is -0.491. The summed E-state index contributed by atoms with van der Waals surface area (Å²) in [5.74, 6) is 1.45. The minimum Gasteiger partial charge on any atom is -0.486 e. The number of carbonyl (C=O) groups is 1. The highest BCUT2D eigenvalue weighted by molar-refractivity contribution is 5.85. The number of nitrogens with one attached hydrogen (secondary N) is 1. The van der Waals surface area contributed by atoms with E-state index >= 15 is 0 Å². The zero-order valence-electron chi connectivity index (χ0n) is 12.6. The molecule has 2 unspecified atom stereocenters. The number of fused-ring (bicyclic) bond motifs is 1. The molecule has 0 aliphatic carbocycles. The third-order valence-corrected chi connectivity index (χ3v) is 3.45. The third kappa shape index (κ3) is 4.25. The Balaban J connectivity index is 0.00000220. The Kier molecular flexibility index (Phi) is 6.30. The van der Waals surface area contributed by atoms with E-state index in [-0.39, 0.29) is 30.3 Å². The van der Waals surface area contributed by atoms with Gasteiger partial charge in [0.2, 0.25) is 5.91 Å². The van der Waals surface area contributed by atoms with E-state index in [0.717, 1.165) is 17.1 Å². The number of nitrogens with two attached hydrogens (primary N) is 1. The molecule has 2 atom stereocenters. The lowest BCUT2D eigenvalue weighted by Gasteiger charge is -2.22. The second-order valence-corrected chi connectivity index (χ2v) is 5.40. The van der Waals surface area contributed by atoms with Gasteiger partial charge in [0, 0.05) is 0 Å². The van der Waals surface area contributed by atoms with E-state index in [2.05, 4.69) is 5.32 Å². The summed E-state index contributed by atoms with van der Waals surface area (Å²) in [5.41, 5.74) is 6.81. The number of carbonyl (C=O) groups excluding carboxylic acids is 1. The second kappa shape index (κ2) is 7.52. The molecule has 0 bridgehead atoms. The van der Waals surface area contributed by atoms with Gasteiger partial charge in [-0.2, -0.15) is 0 Å². The zero-order chi connectivity index (χ0) is 14.7. The third-order valence-electron chi connectivity index (χ3n) is 3.45. The molecular formula is C15H23ClN2O3. The van der Waals surface area contributed by atoms with E-state index < -0.39 is 6.04 Å². The van der Waals surface area contributed by atoms with E-state index in [0.29, 0.717) is 13.2 Å². The molecule has 5 nitrogen and oxygen atoms in total. The number of benzene rings is 1. The van der Waals surface area contributed by atoms with Crippen molar-refractivity contribution in [2.75, 3.05) is 13.2 Å². The Morgan fingerprint density at radius 2 is 1.81 bits per heavy atom. The van der Waals surface area contributed by atoms with Crippen molar-refractivity contribution in [3.05, 3.63) is 23.8 Å². The van der Waals surface area contributed by atoms with Crippen molar-refractivity contribution in [2.24, 2.45) is 11.7 Å². The van der Waals surface area contributed by atoms with Gasteiger partial charge >= 0.3 is 0 Å². The molecule has 0 spiro atoms. The van der Waals surface area contributed by atoms with Crippen LogP contribution in [-0.4, -0.2) is 25.2 Å². The maximum atomic E-state index is 12.0. The van der Waals surface area contributed by atoms with E-state index in [1.807, 2.05) is 39.0 Å². The number of amides is 1. The summed E-state index contributed by atoms with van der Waals surface area (Å²) in [6.45, 7) is 6.91. The fourth-order valence-electron chi connectivity index (χ4n) is 2.02. The highest BCUT2D eigenvalue weighted by Crippen LogP contribution is 2.32. The number of halogens is 1. The molecule has 1 amide bonds. The summed E-state index contributed by atoms with van der Waals surface area (Å²) in [6, 6.07) is 5.09. The molecule has 21 heavy (non-hydrogen) atoms. The monoisotopic (exact) mass is 314 g/mol. The molecule has 0 aromatic heterocycles. The van der Waals surface area contributed by atoms with Crippen LogP contribution < -0.4 is 20.5 Å². The Morgan fingerprint density at radius 1 is 1.19 bits per heavy atom. The largest absolute Gasteiger partial charge is 0.486 e. The van der Waals surface area contributed by atoms with Gasteiger partial charge in [0.25, 0.3) is 0 Å². The van der Waals surface area contributed by atoms with Crippen molar-refractivity contribution in [2.45, 2.75) is 32.9 Å². The molecular weight excluding hydrogens is 292 g/mol. The van der Waals surface area contributed by atoms with Gasteiger partial charge in [0.1, 0.15) is 13.2 Å². The van der Waals surface area contributed by atoms with E-state index in [9.17, 15) is 4.79 Å². The molecule has 6 heteroatoms. The highest BCUT2D eigenvalue weighted by Gasteiger charge is 2.20. The van der Waals surface area contributed by atoms with Gasteiger partial charge in [0.05, 0.1) is 12.1 Å². The number of hydrogen-bond donors (Lipinski definition) is 2. The lowest BCUT2D eigenvalue weighted by atomic mass is 10.0. The van der Waals surface area contributed by atoms with Gasteiger partial charge in [-0.25, -0.2) is 0 Å². The van der Waals surface area contributed by atoms with Gasteiger partial charge < -0.3 is 20.5 Å². The fourth-order valence-corrected chi connectivity index (χ4v) is 2.02. The van der Waals surface area contributed by atoms with Crippen LogP contribution in [0.25, 0.3) is 0 Å². The maximum Gasteiger partial charge on any atom is 0.237 e. The molecule has 1 aromatic rings. The Bertz CT molecular complexity index is 494. The van der Waals surface area contributed by atoms with E-state index in [1.165, 1.54) is 0 Å². The van der Waals surface area contributed by atoms with Crippen LogP contribution in [0, 0.1) is 5.92 Å². The van der Waals surface area contributed by atoms with Crippen molar-refractivity contribution in [1.82, 2.24) is 5.32 Å². The predicted molar refractivity (Wildman–Crippen MR) is 84.1 cm³/mol. The summed E-state index contributed by atoms with van der Waals surface area (Å²) in [7, 11) is 0. The normalized spacial score (nSPS) is 15.9. The SMILES string of the molecule is CC(NC(=O)C(N)C(C)C)c1ccc2c(c1)OCCO2.Cl. The molecule has 0 radical (unpaired) electrons. The molecule has 1 heterocycles. The Morgan fingerprint density at radius 3 is 2.43 bits per heavy atom. The molecule has 3 N–H and O–H groups in total. The molecule has 2 rings (SSSR count). The minimum absolute atomic E-state index is 0. The quantitative estimate of drug-likeness (QED) is 0.892. The summed E-state index contributed by atoms with van der Waals surface area (Å²) in [5, 5.41) is 2.92. The maximum absolute atomic E-state index is 12.0. The van der Waals surface area contributed by atoms with Crippen LogP contribution in [0.3, 0.4) is 0 Å². The van der Waals surface area contributed by atoms with Gasteiger partial charge in [-0.05, 0) is 30.5 Å². The molecule has 1 aliphatic heterocycles. The number of rotatable bonds is 4. The lowest BCUT2D eigenvalue weighted by Crippen LogP contribution is -2.44. The molecule has 0 fully saturated rings. The standard InChI is InChI=1S/C15H22N2O3.ClH/c1-9(2)14(16)15(18)17-10(3)11-4-5-12-13(8-11)20-7-6-19-12;/h4-5,8-10,14H,6-7,16H2,1-3H3,(H,17,18);1H. The second-order valence-electron chi connectivity index (χ2n) is 5.40. The molecule has 0 saturated carbocycles. The van der Waals surface area contributed by atoms with Crippen molar-refractivity contribution in [3.63, 3.8) is 0 Å². The summed E-state index contributed by atoms with van der Waals surface area (Å²) >= 11 is 0. The molecule has 1 aliphatic rings. The van der Waals surface area contributed by atoms with Crippen LogP contribution in [0.4, 0.5) is 0 Å². The van der Waals surface area contributed by atoms with Crippen molar-refractivity contribution in [3.8, 4) is 11.5 Å². The average Bonchev–Trinajstić information content (AvgIpc) is 2.45. The zero-order valence-corrected chi connectivity index (χ0v) is 13.4. The van der Waals surface area contributed by atoms with Crippen LogP contribution >= 0.6 is 12.4 Å². The summed E-state index contributed by atoms with van der Waals surface area (Å²) in [6.07, 6.45) is 0. The van der Waals surface area contributed by atoms with Crippen LogP contribution in [0.1, 0.15) is 32.4 Å². The number of hydrogen-bond acceptors (Lipinski definition) is 4. The van der Waals surface area contributed by atoms with E-state index in [1.54, 1.807) is 0 Å². The predicted octanol–water partition coefficient (Wildman–Crippen LogP) is 2.04.